The summed E-state index contributed by atoms with van der Waals surface area (Å²) in [6, 6.07) is 2.99. The molecule has 1 N–H and O–H groups in total. The van der Waals surface area contributed by atoms with Crippen LogP contribution in [0.1, 0.15) is 39.1 Å². The monoisotopic (exact) mass is 236 g/mol. The van der Waals surface area contributed by atoms with Crippen molar-refractivity contribution < 1.29 is 29.7 Å². The first-order valence-corrected chi connectivity index (χ1v) is 4.64. The van der Waals surface area contributed by atoms with Gasteiger partial charge in [-0.1, -0.05) is 12.1 Å². The van der Waals surface area contributed by atoms with Crippen LogP contribution in [-0.2, 0) is 4.79 Å². The number of hydrogen-bond donors (Lipinski definition) is 1. The van der Waals surface area contributed by atoms with Gasteiger partial charge in [0.05, 0.1) is 17.9 Å². The van der Waals surface area contributed by atoms with Crippen molar-refractivity contribution in [2.45, 2.75) is 12.8 Å². The maximum Gasteiger partial charge on any atom is 0.310 e. The summed E-state index contributed by atoms with van der Waals surface area (Å²) in [7, 11) is 0. The van der Waals surface area contributed by atoms with E-state index in [1.165, 1.54) is 6.92 Å². The van der Waals surface area contributed by atoms with Gasteiger partial charge >= 0.3 is 5.97 Å². The standard InChI is InChI=1S/C11H10O6/c1-5(9(12)13)8-4-6(10(14)15)2-3-7(8)11(16)17/h2-5H,1H3,(H,12,13)(H,14,15)(H,16,17)/p-2. The van der Waals surface area contributed by atoms with Gasteiger partial charge in [-0.15, -0.1) is 0 Å². The molecule has 0 radical (unpaired) electrons. The summed E-state index contributed by atoms with van der Waals surface area (Å²) in [4.78, 5) is 32.1. The number of aliphatic carboxylic acids is 1. The minimum absolute atomic E-state index is 0.126. The largest absolute Gasteiger partial charge is 0.545 e. The van der Waals surface area contributed by atoms with Crippen LogP contribution in [0.4, 0.5) is 0 Å². The van der Waals surface area contributed by atoms with Crippen LogP contribution in [0.2, 0.25) is 0 Å². The van der Waals surface area contributed by atoms with Gasteiger partial charge in [0, 0.05) is 5.56 Å². The summed E-state index contributed by atoms with van der Waals surface area (Å²) in [6.45, 7) is 1.25. The topological polar surface area (TPSA) is 118 Å². The van der Waals surface area contributed by atoms with Crippen LogP contribution in [0, 0.1) is 0 Å². The highest BCUT2D eigenvalue weighted by Gasteiger charge is 2.18. The smallest absolute Gasteiger partial charge is 0.310 e. The van der Waals surface area contributed by atoms with E-state index in [9.17, 15) is 24.6 Å². The Hall–Kier alpha value is -2.37. The zero-order chi connectivity index (χ0) is 13.2. The number of hydrogen-bond acceptors (Lipinski definition) is 5. The molecule has 0 bridgehead atoms. The Bertz CT molecular complexity index is 491. The summed E-state index contributed by atoms with van der Waals surface area (Å²) in [5.74, 6) is -5.48. The van der Waals surface area contributed by atoms with E-state index < -0.39 is 23.8 Å². The third kappa shape index (κ3) is 2.60. The van der Waals surface area contributed by atoms with Crippen LogP contribution >= 0.6 is 0 Å². The number of carboxylic acids is 3. The van der Waals surface area contributed by atoms with Gasteiger partial charge in [-0.2, -0.15) is 0 Å². The van der Waals surface area contributed by atoms with E-state index in [0.717, 1.165) is 18.2 Å². The third-order valence-corrected chi connectivity index (χ3v) is 2.34. The summed E-state index contributed by atoms with van der Waals surface area (Å²) in [5, 5.41) is 30.2. The highest BCUT2D eigenvalue weighted by Crippen LogP contribution is 2.21. The molecule has 0 aliphatic carbocycles. The average molecular weight is 236 g/mol. The van der Waals surface area contributed by atoms with Crippen molar-refractivity contribution in [1.82, 2.24) is 0 Å². The molecular weight excluding hydrogens is 228 g/mol. The first-order valence-electron chi connectivity index (χ1n) is 4.64. The molecule has 0 heterocycles. The highest BCUT2D eigenvalue weighted by molar-refractivity contribution is 5.93. The second kappa shape index (κ2) is 4.65. The van der Waals surface area contributed by atoms with Crippen molar-refractivity contribution in [3.8, 4) is 0 Å². The predicted octanol–water partition coefficient (Wildman–Crippen LogP) is -1.40. The van der Waals surface area contributed by atoms with E-state index in [2.05, 4.69) is 0 Å². The normalized spacial score (nSPS) is 11.8. The molecule has 6 heteroatoms. The molecule has 0 spiro atoms. The van der Waals surface area contributed by atoms with Gasteiger partial charge in [-0.05, 0) is 24.1 Å². The molecule has 1 atom stereocenters. The van der Waals surface area contributed by atoms with Crippen LogP contribution in [0.15, 0.2) is 18.2 Å². The van der Waals surface area contributed by atoms with Gasteiger partial charge in [-0.25, -0.2) is 0 Å². The Morgan fingerprint density at radius 3 is 2.18 bits per heavy atom. The van der Waals surface area contributed by atoms with Crippen LogP contribution < -0.4 is 10.2 Å². The van der Waals surface area contributed by atoms with Gasteiger partial charge < -0.3 is 24.9 Å². The van der Waals surface area contributed by atoms with E-state index >= 15 is 0 Å². The van der Waals surface area contributed by atoms with Crippen LogP contribution in [-0.4, -0.2) is 23.0 Å². The lowest BCUT2D eigenvalue weighted by Crippen LogP contribution is -2.27. The summed E-state index contributed by atoms with van der Waals surface area (Å²) in [5.41, 5.74) is -0.748. The van der Waals surface area contributed by atoms with Crippen molar-refractivity contribution in [3.63, 3.8) is 0 Å². The van der Waals surface area contributed by atoms with Crippen LogP contribution in [0.5, 0.6) is 0 Å². The molecule has 0 aromatic heterocycles. The van der Waals surface area contributed by atoms with E-state index in [1.807, 2.05) is 0 Å². The Labute approximate surface area is 96.1 Å². The maximum absolute atomic E-state index is 10.8. The van der Waals surface area contributed by atoms with E-state index in [1.54, 1.807) is 0 Å². The van der Waals surface area contributed by atoms with Crippen molar-refractivity contribution in [2.24, 2.45) is 0 Å². The number of carboxylic acid groups (broad SMARTS) is 3. The summed E-state index contributed by atoms with van der Waals surface area (Å²) < 4.78 is 0. The molecule has 0 amide bonds. The lowest BCUT2D eigenvalue weighted by Gasteiger charge is -2.15. The number of rotatable bonds is 4. The first kappa shape index (κ1) is 12.7. The van der Waals surface area contributed by atoms with Crippen molar-refractivity contribution in [3.05, 3.63) is 34.9 Å². The summed E-state index contributed by atoms with van der Waals surface area (Å²) >= 11 is 0. The molecule has 1 rings (SSSR count). The Balaban J connectivity index is 3.40. The van der Waals surface area contributed by atoms with Crippen molar-refractivity contribution in [2.75, 3.05) is 0 Å². The number of benzene rings is 1. The molecule has 0 aliphatic heterocycles. The second-order valence-electron chi connectivity index (χ2n) is 3.44. The van der Waals surface area contributed by atoms with E-state index in [0.29, 0.717) is 0 Å². The Morgan fingerprint density at radius 1 is 1.18 bits per heavy atom. The molecular formula is C11H8O6-2. The van der Waals surface area contributed by atoms with Gasteiger partial charge in [-0.3, -0.25) is 4.79 Å². The van der Waals surface area contributed by atoms with Gasteiger partial charge in [0.15, 0.2) is 0 Å². The lowest BCUT2D eigenvalue weighted by atomic mass is 9.93. The number of aromatic carboxylic acids is 2. The maximum atomic E-state index is 10.8. The molecule has 17 heavy (non-hydrogen) atoms. The Kier molecular flexibility index (Phi) is 3.47. The number of carbonyl (C=O) groups is 3. The van der Waals surface area contributed by atoms with Gasteiger partial charge in [0.1, 0.15) is 0 Å². The highest BCUT2D eigenvalue weighted by atomic mass is 16.4. The van der Waals surface area contributed by atoms with Crippen molar-refractivity contribution >= 4 is 17.9 Å². The molecule has 90 valence electrons. The predicted molar refractivity (Wildman–Crippen MR) is 51.2 cm³/mol. The molecule has 0 saturated carbocycles. The molecule has 0 saturated heterocycles. The first-order chi connectivity index (χ1) is 7.84. The third-order valence-electron chi connectivity index (χ3n) is 2.34. The molecule has 0 aliphatic rings. The zero-order valence-electron chi connectivity index (χ0n) is 8.80. The van der Waals surface area contributed by atoms with E-state index in [4.69, 9.17) is 5.11 Å². The SMILES string of the molecule is CC(C(=O)O)c1cc(C(=O)[O-])ccc1C(=O)[O-]. The van der Waals surface area contributed by atoms with Gasteiger partial charge in [0.2, 0.25) is 0 Å². The zero-order valence-corrected chi connectivity index (χ0v) is 8.80. The second-order valence-corrected chi connectivity index (χ2v) is 3.44. The fourth-order valence-corrected chi connectivity index (χ4v) is 1.37. The minimum Gasteiger partial charge on any atom is -0.545 e. The average Bonchev–Trinajstić information content (AvgIpc) is 2.26. The van der Waals surface area contributed by atoms with Crippen LogP contribution in [0.25, 0.3) is 0 Å². The Morgan fingerprint density at radius 2 is 1.76 bits per heavy atom. The summed E-state index contributed by atoms with van der Waals surface area (Å²) in [6.07, 6.45) is 0. The van der Waals surface area contributed by atoms with E-state index in [-0.39, 0.29) is 16.7 Å². The fraction of sp³-hybridized carbons (Fsp3) is 0.182. The number of carbonyl (C=O) groups excluding carboxylic acids is 2. The van der Waals surface area contributed by atoms with Gasteiger partial charge in [0.25, 0.3) is 0 Å². The molecule has 6 nitrogen and oxygen atoms in total. The van der Waals surface area contributed by atoms with Crippen molar-refractivity contribution in [1.29, 1.82) is 0 Å². The molecule has 1 unspecified atom stereocenters. The lowest BCUT2D eigenvalue weighted by molar-refractivity contribution is -0.256. The molecule has 1 aromatic rings. The minimum atomic E-state index is -1.56. The quantitative estimate of drug-likeness (QED) is 0.687. The molecule has 1 aromatic carbocycles. The fourth-order valence-electron chi connectivity index (χ4n) is 1.37. The van der Waals surface area contributed by atoms with Crippen LogP contribution in [0.3, 0.4) is 0 Å². The molecule has 0 fully saturated rings.